The molecule has 3 amide bonds. The van der Waals surface area contributed by atoms with Gasteiger partial charge in [-0.1, -0.05) is 0 Å². The average Bonchev–Trinajstić information content (AvgIpc) is 2.64. The molecule has 4 bridgehead atoms. The Balaban J connectivity index is 1.17. The first-order chi connectivity index (χ1) is 14.6. The molecule has 31 heavy (non-hydrogen) atoms. The Kier molecular flexibility index (Phi) is 6.23. The summed E-state index contributed by atoms with van der Waals surface area (Å²) in [5.74, 6) is 2.71. The van der Waals surface area contributed by atoms with Gasteiger partial charge in [0.15, 0.2) is 0 Å². The molecule has 0 aromatic carbocycles. The minimum Gasteiger partial charge on any atom is -0.444 e. The summed E-state index contributed by atoms with van der Waals surface area (Å²) in [6.07, 6.45) is 9.69. The number of nitrogens with zero attached hydrogens (tertiary/aromatic N) is 1. The van der Waals surface area contributed by atoms with E-state index in [1.165, 1.54) is 38.5 Å². The average molecular weight is 434 g/mol. The second-order valence-electron chi connectivity index (χ2n) is 11.7. The first kappa shape index (κ1) is 22.4. The van der Waals surface area contributed by atoms with Crippen molar-refractivity contribution < 1.29 is 19.1 Å². The highest BCUT2D eigenvalue weighted by atomic mass is 16.6. The molecule has 5 fully saturated rings. The van der Waals surface area contributed by atoms with E-state index in [1.54, 1.807) is 20.8 Å². The molecular formula is C24H39N3O4. The molecule has 5 rings (SSSR count). The quantitative estimate of drug-likeness (QED) is 0.697. The Morgan fingerprint density at radius 2 is 1.52 bits per heavy atom. The van der Waals surface area contributed by atoms with Crippen LogP contribution >= 0.6 is 0 Å². The standard InChI is InChI=1S/C24H39N3O4/c1-23(2,3)31-22(30)25-15-20(28)26-19-4-6-27(7-5-19)21(29)14-24-11-16-8-17(12-24)10-18(9-16)13-24/h16-19H,4-15H2,1-3H3,(H,25,30)(H,26,28). The van der Waals surface area contributed by atoms with Gasteiger partial charge in [0, 0.05) is 25.6 Å². The van der Waals surface area contributed by atoms with Crippen LogP contribution in [-0.4, -0.2) is 54.1 Å². The zero-order valence-corrected chi connectivity index (χ0v) is 19.4. The Labute approximate surface area is 186 Å². The molecule has 0 radical (unpaired) electrons. The van der Waals surface area contributed by atoms with Gasteiger partial charge < -0.3 is 20.3 Å². The monoisotopic (exact) mass is 433 g/mol. The van der Waals surface area contributed by atoms with Gasteiger partial charge in [0.25, 0.3) is 0 Å². The van der Waals surface area contributed by atoms with Crippen molar-refractivity contribution in [3.8, 4) is 0 Å². The minimum atomic E-state index is -0.590. The highest BCUT2D eigenvalue weighted by Gasteiger charge is 2.51. The molecule has 4 aliphatic carbocycles. The molecule has 5 aliphatic rings. The second kappa shape index (κ2) is 8.62. The number of carbonyl (C=O) groups is 3. The fourth-order valence-electron chi connectivity index (χ4n) is 6.96. The van der Waals surface area contributed by atoms with Crippen LogP contribution < -0.4 is 10.6 Å². The summed E-state index contributed by atoms with van der Waals surface area (Å²) in [6, 6.07) is 0.0523. The van der Waals surface area contributed by atoms with Crippen LogP contribution in [0.5, 0.6) is 0 Å². The van der Waals surface area contributed by atoms with Crippen LogP contribution in [0, 0.1) is 23.2 Å². The molecule has 7 nitrogen and oxygen atoms in total. The van der Waals surface area contributed by atoms with E-state index in [-0.39, 0.29) is 23.9 Å². The third-order valence-corrected chi connectivity index (χ3v) is 7.70. The number of rotatable bonds is 5. The molecule has 7 heteroatoms. The van der Waals surface area contributed by atoms with Gasteiger partial charge in [0.05, 0.1) is 0 Å². The molecule has 0 aromatic heterocycles. The molecule has 1 saturated heterocycles. The predicted octanol–water partition coefficient (Wildman–Crippen LogP) is 3.22. The van der Waals surface area contributed by atoms with Crippen LogP contribution in [0.25, 0.3) is 0 Å². The predicted molar refractivity (Wildman–Crippen MR) is 117 cm³/mol. The number of nitrogens with one attached hydrogen (secondary N) is 2. The van der Waals surface area contributed by atoms with Crippen LogP contribution in [0.3, 0.4) is 0 Å². The maximum atomic E-state index is 13.1. The van der Waals surface area contributed by atoms with E-state index in [0.29, 0.717) is 19.0 Å². The SMILES string of the molecule is CC(C)(C)OC(=O)NCC(=O)NC1CCN(C(=O)CC23CC4CC(CC(C4)C2)C3)CC1. The van der Waals surface area contributed by atoms with Crippen LogP contribution in [0.2, 0.25) is 0 Å². The van der Waals surface area contributed by atoms with Gasteiger partial charge in [-0.25, -0.2) is 4.79 Å². The van der Waals surface area contributed by atoms with E-state index in [0.717, 1.165) is 37.0 Å². The molecule has 0 aromatic rings. The molecule has 174 valence electrons. The third kappa shape index (κ3) is 5.72. The molecule has 0 unspecified atom stereocenters. The number of hydrogen-bond donors (Lipinski definition) is 2. The molecule has 0 atom stereocenters. The summed E-state index contributed by atoms with van der Waals surface area (Å²) >= 11 is 0. The van der Waals surface area contributed by atoms with Crippen LogP contribution in [0.1, 0.15) is 78.6 Å². The van der Waals surface area contributed by atoms with E-state index >= 15 is 0 Å². The minimum absolute atomic E-state index is 0.0523. The van der Waals surface area contributed by atoms with Gasteiger partial charge in [-0.3, -0.25) is 9.59 Å². The lowest BCUT2D eigenvalue weighted by Gasteiger charge is -2.57. The van der Waals surface area contributed by atoms with Gasteiger partial charge in [-0.2, -0.15) is 0 Å². The number of amides is 3. The highest BCUT2D eigenvalue weighted by molar-refractivity contribution is 5.82. The second-order valence-corrected chi connectivity index (χ2v) is 11.7. The largest absolute Gasteiger partial charge is 0.444 e. The lowest BCUT2D eigenvalue weighted by Crippen LogP contribution is -2.51. The zero-order chi connectivity index (χ0) is 22.2. The summed E-state index contributed by atoms with van der Waals surface area (Å²) in [6.45, 7) is 6.66. The van der Waals surface area contributed by atoms with Crippen LogP contribution in [-0.2, 0) is 14.3 Å². The van der Waals surface area contributed by atoms with Crippen molar-refractivity contribution in [2.75, 3.05) is 19.6 Å². The number of carbonyl (C=O) groups excluding carboxylic acids is 3. The Morgan fingerprint density at radius 3 is 2.03 bits per heavy atom. The number of piperidine rings is 1. The molecule has 0 spiro atoms. The van der Waals surface area contributed by atoms with Gasteiger partial charge in [-0.05, 0) is 95.3 Å². The van der Waals surface area contributed by atoms with Crippen molar-refractivity contribution in [3.05, 3.63) is 0 Å². The van der Waals surface area contributed by atoms with Gasteiger partial charge in [0.1, 0.15) is 12.1 Å². The molecule has 1 heterocycles. The van der Waals surface area contributed by atoms with Crippen molar-refractivity contribution >= 4 is 17.9 Å². The van der Waals surface area contributed by atoms with E-state index in [9.17, 15) is 14.4 Å². The summed E-state index contributed by atoms with van der Waals surface area (Å²) in [7, 11) is 0. The molecule has 4 saturated carbocycles. The normalized spacial score (nSPS) is 32.6. The maximum absolute atomic E-state index is 13.1. The van der Waals surface area contributed by atoms with Crippen LogP contribution in [0.15, 0.2) is 0 Å². The Bertz CT molecular complexity index is 671. The molecule has 2 N–H and O–H groups in total. The van der Waals surface area contributed by atoms with Gasteiger partial charge >= 0.3 is 6.09 Å². The summed E-state index contributed by atoms with van der Waals surface area (Å²) < 4.78 is 5.14. The fraction of sp³-hybridized carbons (Fsp3) is 0.875. The van der Waals surface area contributed by atoms with Crippen molar-refractivity contribution in [1.29, 1.82) is 0 Å². The first-order valence-corrected chi connectivity index (χ1v) is 12.1. The van der Waals surface area contributed by atoms with Crippen molar-refractivity contribution in [2.45, 2.75) is 90.2 Å². The van der Waals surface area contributed by atoms with Crippen molar-refractivity contribution in [1.82, 2.24) is 15.5 Å². The summed E-state index contributed by atoms with van der Waals surface area (Å²) in [5, 5.41) is 5.47. The zero-order valence-electron chi connectivity index (χ0n) is 19.4. The third-order valence-electron chi connectivity index (χ3n) is 7.70. The lowest BCUT2D eigenvalue weighted by molar-refractivity contribution is -0.140. The van der Waals surface area contributed by atoms with Gasteiger partial charge in [0.2, 0.25) is 11.8 Å². The Hall–Kier alpha value is -1.79. The van der Waals surface area contributed by atoms with Crippen molar-refractivity contribution in [2.24, 2.45) is 23.2 Å². The topological polar surface area (TPSA) is 87.7 Å². The Morgan fingerprint density at radius 1 is 0.968 bits per heavy atom. The first-order valence-electron chi connectivity index (χ1n) is 12.1. The lowest BCUT2D eigenvalue weighted by atomic mass is 9.49. The van der Waals surface area contributed by atoms with Gasteiger partial charge in [-0.15, -0.1) is 0 Å². The summed E-state index contributed by atoms with van der Waals surface area (Å²) in [4.78, 5) is 38.9. The number of hydrogen-bond acceptors (Lipinski definition) is 4. The van der Waals surface area contributed by atoms with E-state index in [2.05, 4.69) is 10.6 Å². The van der Waals surface area contributed by atoms with Crippen molar-refractivity contribution in [3.63, 3.8) is 0 Å². The summed E-state index contributed by atoms with van der Waals surface area (Å²) in [5.41, 5.74) is -0.305. The number of ether oxygens (including phenoxy) is 1. The smallest absolute Gasteiger partial charge is 0.408 e. The van der Waals surface area contributed by atoms with E-state index in [1.807, 2.05) is 4.90 Å². The van der Waals surface area contributed by atoms with Crippen LogP contribution in [0.4, 0.5) is 4.79 Å². The number of alkyl carbamates (subject to hydrolysis) is 1. The van der Waals surface area contributed by atoms with E-state index in [4.69, 9.17) is 4.74 Å². The maximum Gasteiger partial charge on any atom is 0.408 e. The van der Waals surface area contributed by atoms with E-state index < -0.39 is 11.7 Å². The number of likely N-dealkylation sites (tertiary alicyclic amines) is 1. The molecule has 1 aliphatic heterocycles. The highest BCUT2D eigenvalue weighted by Crippen LogP contribution is 2.61. The fourth-order valence-corrected chi connectivity index (χ4v) is 6.96. The molecular weight excluding hydrogens is 394 g/mol.